The number of carbonyl (C=O) groups excluding carboxylic acids is 2. The summed E-state index contributed by atoms with van der Waals surface area (Å²) in [5.74, 6) is -0.700. The topological polar surface area (TPSA) is 97.4 Å². The van der Waals surface area contributed by atoms with E-state index in [-0.39, 0.29) is 44.8 Å². The second kappa shape index (κ2) is 35.7. The van der Waals surface area contributed by atoms with E-state index in [9.17, 15) is 14.2 Å². The van der Waals surface area contributed by atoms with Crippen molar-refractivity contribution in [2.45, 2.75) is 207 Å². The minimum Gasteiger partial charge on any atom is -0.462 e. The zero-order valence-electron chi connectivity index (χ0n) is 35.1. The number of unbranched alkanes of at least 4 members (excludes halogenated alkanes) is 24. The van der Waals surface area contributed by atoms with Gasteiger partial charge in [-0.05, 0) is 19.8 Å². The normalized spacial score (nSPS) is 13.6. The van der Waals surface area contributed by atoms with Gasteiger partial charge in [0.05, 0.1) is 34.4 Å². The maximum absolute atomic E-state index is 13.3. The average Bonchev–Trinajstić information content (AvgIpc) is 3.09. The van der Waals surface area contributed by atoms with Gasteiger partial charge < -0.3 is 14.0 Å². The van der Waals surface area contributed by atoms with Crippen LogP contribution in [0.5, 0.6) is 0 Å². The quantitative estimate of drug-likeness (QED) is 0.0263. The van der Waals surface area contributed by atoms with Gasteiger partial charge >= 0.3 is 19.8 Å². The highest BCUT2D eigenvalue weighted by atomic mass is 31.2. The molecular formula is C42H85NO8P+. The molecule has 310 valence electrons. The van der Waals surface area contributed by atoms with E-state index in [4.69, 9.17) is 23.0 Å². The predicted molar refractivity (Wildman–Crippen MR) is 215 cm³/mol. The summed E-state index contributed by atoms with van der Waals surface area (Å²) >= 11 is 0. The Morgan fingerprint density at radius 2 is 0.885 bits per heavy atom. The average molecular weight is 763 g/mol. The Morgan fingerprint density at radius 3 is 1.27 bits per heavy atom. The fourth-order valence-corrected chi connectivity index (χ4v) is 7.26. The lowest BCUT2D eigenvalue weighted by atomic mass is 10.0. The number of rotatable bonds is 40. The van der Waals surface area contributed by atoms with E-state index in [1.165, 1.54) is 128 Å². The van der Waals surface area contributed by atoms with Crippen LogP contribution < -0.4 is 0 Å². The molecule has 0 aliphatic heterocycles. The number of likely N-dealkylation sites (N-methyl/N-ethyl adjacent to an activating group) is 1. The SMILES string of the molecule is CCCCCCCCCCCCCCCC(=O)OCC(COP(=O)(OCC)OCC[N+](C)(C)C)OC(=O)CCCCCCCCCCCCCCC. The van der Waals surface area contributed by atoms with Crippen LogP contribution in [0.3, 0.4) is 0 Å². The molecule has 0 aliphatic rings. The molecule has 0 N–H and O–H groups in total. The molecule has 2 unspecified atom stereocenters. The molecule has 0 radical (unpaired) electrons. The zero-order valence-corrected chi connectivity index (χ0v) is 36.0. The molecule has 0 fully saturated rings. The summed E-state index contributed by atoms with van der Waals surface area (Å²) in [5.41, 5.74) is 0. The van der Waals surface area contributed by atoms with Crippen LogP contribution in [0.25, 0.3) is 0 Å². The van der Waals surface area contributed by atoms with Gasteiger partial charge in [-0.15, -0.1) is 0 Å². The van der Waals surface area contributed by atoms with Gasteiger partial charge in [-0.2, -0.15) is 0 Å². The highest BCUT2D eigenvalue weighted by Gasteiger charge is 2.30. The standard InChI is InChI=1S/C42H85NO8P/c1-7-10-12-14-16-18-20-22-24-26-28-30-32-34-41(44)47-38-40(39-50-52(46,48-9-3)49-37-36-43(4,5)6)51-42(45)35-33-31-29-27-25-23-21-19-17-15-13-11-8-2/h40H,7-39H2,1-6H3/q+1. The lowest BCUT2D eigenvalue weighted by Gasteiger charge is -2.25. The van der Waals surface area contributed by atoms with Crippen LogP contribution in [-0.2, 0) is 37.2 Å². The lowest BCUT2D eigenvalue weighted by Crippen LogP contribution is -2.37. The van der Waals surface area contributed by atoms with Crippen molar-refractivity contribution in [3.63, 3.8) is 0 Å². The maximum atomic E-state index is 13.3. The molecule has 0 bridgehead atoms. The van der Waals surface area contributed by atoms with Gasteiger partial charge in [-0.3, -0.25) is 23.2 Å². The van der Waals surface area contributed by atoms with Gasteiger partial charge in [0.15, 0.2) is 6.10 Å². The summed E-state index contributed by atoms with van der Waals surface area (Å²) in [7, 11) is 2.14. The summed E-state index contributed by atoms with van der Waals surface area (Å²) < 4.78 is 41.6. The summed E-state index contributed by atoms with van der Waals surface area (Å²) in [6.07, 6.45) is 31.8. The summed E-state index contributed by atoms with van der Waals surface area (Å²) in [4.78, 5) is 25.4. The minimum atomic E-state index is -3.89. The smallest absolute Gasteiger partial charge is 0.462 e. The summed E-state index contributed by atoms with van der Waals surface area (Å²) in [6, 6.07) is 0. The molecule has 0 amide bonds. The molecule has 0 aliphatic carbocycles. The molecule has 0 saturated heterocycles. The number of phosphoric ester groups is 1. The molecule has 9 nitrogen and oxygen atoms in total. The molecule has 0 aromatic carbocycles. The van der Waals surface area contributed by atoms with E-state index in [0.717, 1.165) is 38.5 Å². The molecule has 0 rings (SSSR count). The van der Waals surface area contributed by atoms with Crippen molar-refractivity contribution >= 4 is 19.8 Å². The Morgan fingerprint density at radius 1 is 0.500 bits per heavy atom. The second-order valence-corrected chi connectivity index (χ2v) is 17.5. The first kappa shape index (κ1) is 51.0. The molecule has 0 aromatic rings. The molecule has 0 saturated carbocycles. The monoisotopic (exact) mass is 763 g/mol. The number of hydrogen-bond donors (Lipinski definition) is 0. The molecule has 2 atom stereocenters. The fraction of sp³-hybridized carbons (Fsp3) is 0.952. The first-order valence-electron chi connectivity index (χ1n) is 21.7. The molecule has 10 heteroatoms. The van der Waals surface area contributed by atoms with Crippen molar-refractivity contribution in [3.05, 3.63) is 0 Å². The van der Waals surface area contributed by atoms with E-state index in [0.29, 0.717) is 17.4 Å². The molecule has 0 spiro atoms. The van der Waals surface area contributed by atoms with Crippen molar-refractivity contribution in [1.82, 2.24) is 0 Å². The van der Waals surface area contributed by atoms with Gasteiger partial charge in [-0.1, -0.05) is 168 Å². The third kappa shape index (κ3) is 36.0. The van der Waals surface area contributed by atoms with E-state index in [2.05, 4.69) is 13.8 Å². The van der Waals surface area contributed by atoms with Gasteiger partial charge in [0, 0.05) is 12.8 Å². The van der Waals surface area contributed by atoms with Gasteiger partial charge in [-0.25, -0.2) is 4.57 Å². The predicted octanol–water partition coefficient (Wildman–Crippen LogP) is 12.3. The second-order valence-electron chi connectivity index (χ2n) is 15.8. The highest BCUT2D eigenvalue weighted by Crippen LogP contribution is 2.49. The number of quaternary nitrogens is 1. The molecule has 0 aromatic heterocycles. The van der Waals surface area contributed by atoms with Crippen LogP contribution in [0.1, 0.15) is 201 Å². The minimum absolute atomic E-state index is 0.138. The lowest BCUT2D eigenvalue weighted by molar-refractivity contribution is -0.870. The Hall–Kier alpha value is -0.990. The van der Waals surface area contributed by atoms with Crippen molar-refractivity contribution in [2.24, 2.45) is 0 Å². The first-order chi connectivity index (χ1) is 25.0. The van der Waals surface area contributed by atoms with E-state index in [1.807, 2.05) is 21.1 Å². The largest absolute Gasteiger partial charge is 0.475 e. The van der Waals surface area contributed by atoms with Crippen LogP contribution in [0.15, 0.2) is 0 Å². The number of phosphoric acid groups is 1. The number of hydrogen-bond acceptors (Lipinski definition) is 8. The zero-order chi connectivity index (χ0) is 38.6. The fourth-order valence-electron chi connectivity index (χ4n) is 6.06. The van der Waals surface area contributed by atoms with Gasteiger partial charge in [0.1, 0.15) is 19.8 Å². The Labute approximate surface area is 321 Å². The molecule has 0 heterocycles. The van der Waals surface area contributed by atoms with Crippen molar-refractivity contribution in [1.29, 1.82) is 0 Å². The molecular weight excluding hydrogens is 677 g/mol. The van der Waals surface area contributed by atoms with Crippen molar-refractivity contribution in [2.75, 3.05) is 54.1 Å². The Balaban J connectivity index is 4.56. The van der Waals surface area contributed by atoms with E-state index >= 15 is 0 Å². The Kier molecular flexibility index (Phi) is 35.0. The van der Waals surface area contributed by atoms with Crippen LogP contribution in [0, 0.1) is 0 Å². The van der Waals surface area contributed by atoms with Crippen molar-refractivity contribution in [3.8, 4) is 0 Å². The third-order valence-electron chi connectivity index (χ3n) is 9.41. The maximum Gasteiger partial charge on any atom is 0.475 e. The number of carbonyl (C=O) groups is 2. The van der Waals surface area contributed by atoms with E-state index < -0.39 is 13.9 Å². The van der Waals surface area contributed by atoms with Crippen LogP contribution >= 0.6 is 7.82 Å². The highest BCUT2D eigenvalue weighted by molar-refractivity contribution is 7.48. The number of nitrogens with zero attached hydrogens (tertiary/aromatic N) is 1. The number of esters is 2. The van der Waals surface area contributed by atoms with Crippen LogP contribution in [0.4, 0.5) is 0 Å². The van der Waals surface area contributed by atoms with Crippen LogP contribution in [0.2, 0.25) is 0 Å². The third-order valence-corrected chi connectivity index (χ3v) is 11.0. The molecule has 52 heavy (non-hydrogen) atoms. The number of ether oxygens (including phenoxy) is 2. The first-order valence-corrected chi connectivity index (χ1v) is 23.2. The van der Waals surface area contributed by atoms with E-state index in [1.54, 1.807) is 6.92 Å². The van der Waals surface area contributed by atoms with Crippen molar-refractivity contribution < 1.29 is 41.7 Å². The Bertz CT molecular complexity index is 865. The van der Waals surface area contributed by atoms with Gasteiger partial charge in [0.25, 0.3) is 0 Å². The van der Waals surface area contributed by atoms with Gasteiger partial charge in [0.2, 0.25) is 0 Å². The summed E-state index contributed by atoms with van der Waals surface area (Å²) in [5, 5.41) is 0. The summed E-state index contributed by atoms with van der Waals surface area (Å²) in [6.45, 7) is 6.74. The van der Waals surface area contributed by atoms with Crippen LogP contribution in [-0.4, -0.2) is 76.6 Å².